The molecule has 1 N–H and O–H groups in total. The predicted molar refractivity (Wildman–Crippen MR) is 149 cm³/mol. The number of likely N-dealkylation sites (tertiary alicyclic amines) is 1. The summed E-state index contributed by atoms with van der Waals surface area (Å²) in [6.45, 7) is 7.84. The molecule has 0 unspecified atom stereocenters. The van der Waals surface area contributed by atoms with Crippen molar-refractivity contribution >= 4 is 22.3 Å². The number of aryl methyl sites for hydroxylation is 1. The monoisotopic (exact) mass is 498 g/mol. The Morgan fingerprint density at radius 3 is 2.57 bits per heavy atom. The molecular weight excluding hydrogens is 460 g/mol. The first kappa shape index (κ1) is 23.2. The molecule has 4 aliphatic heterocycles. The number of likely N-dealkylation sites (N-methyl/N-ethyl adjacent to an activating group) is 1. The van der Waals surface area contributed by atoms with Crippen molar-refractivity contribution in [3.63, 3.8) is 0 Å². The minimum absolute atomic E-state index is 0.452. The Balaban J connectivity index is 1.23. The Bertz CT molecular complexity index is 1290. The van der Waals surface area contributed by atoms with Gasteiger partial charge in [-0.25, -0.2) is 0 Å². The third-order valence-electron chi connectivity index (χ3n) is 9.05. The van der Waals surface area contributed by atoms with Gasteiger partial charge in [0.2, 0.25) is 0 Å². The summed E-state index contributed by atoms with van der Waals surface area (Å²) >= 11 is 0. The molecule has 2 bridgehead atoms. The number of rotatable bonds is 5. The smallest absolute Gasteiger partial charge is 0.318 e. The van der Waals surface area contributed by atoms with Gasteiger partial charge in [-0.15, -0.1) is 0 Å². The lowest BCUT2D eigenvalue weighted by atomic mass is 9.99. The van der Waals surface area contributed by atoms with Crippen LogP contribution in [0.4, 0.5) is 11.5 Å². The van der Waals surface area contributed by atoms with Crippen LogP contribution < -0.4 is 19.9 Å². The molecule has 1 aromatic heterocycles. The fourth-order valence-corrected chi connectivity index (χ4v) is 7.02. The van der Waals surface area contributed by atoms with Gasteiger partial charge < -0.3 is 24.8 Å². The minimum Gasteiger partial charge on any atom is -0.462 e. The fourth-order valence-electron chi connectivity index (χ4n) is 7.02. The topological polar surface area (TPSA) is 56.8 Å². The summed E-state index contributed by atoms with van der Waals surface area (Å²) in [5.74, 6) is 1.12. The summed E-state index contributed by atoms with van der Waals surface area (Å²) in [5.41, 5.74) is 5.07. The van der Waals surface area contributed by atoms with Gasteiger partial charge in [0.1, 0.15) is 12.4 Å². The molecule has 194 valence electrons. The van der Waals surface area contributed by atoms with Crippen LogP contribution in [0.25, 0.3) is 10.8 Å². The van der Waals surface area contributed by atoms with Crippen LogP contribution in [0.1, 0.15) is 42.5 Å². The first-order chi connectivity index (χ1) is 18.1. The molecule has 7 heteroatoms. The minimum atomic E-state index is 0.452. The highest BCUT2D eigenvalue weighted by Gasteiger charge is 2.35. The zero-order valence-corrected chi connectivity index (χ0v) is 22.1. The first-order valence-electron chi connectivity index (χ1n) is 14.1. The summed E-state index contributed by atoms with van der Waals surface area (Å²) in [6, 6.07) is 15.4. The average Bonchev–Trinajstić information content (AvgIpc) is 3.49. The maximum atomic E-state index is 6.33. The highest BCUT2D eigenvalue weighted by Crippen LogP contribution is 2.36. The molecule has 3 fully saturated rings. The van der Waals surface area contributed by atoms with Crippen LogP contribution in [0.2, 0.25) is 0 Å². The highest BCUT2D eigenvalue weighted by molar-refractivity contribution is 5.97. The lowest BCUT2D eigenvalue weighted by Crippen LogP contribution is -2.52. The molecule has 0 radical (unpaired) electrons. The Labute approximate surface area is 219 Å². The van der Waals surface area contributed by atoms with Gasteiger partial charge in [-0.05, 0) is 69.6 Å². The van der Waals surface area contributed by atoms with Crippen molar-refractivity contribution in [1.82, 2.24) is 20.2 Å². The van der Waals surface area contributed by atoms with Gasteiger partial charge in [0, 0.05) is 54.4 Å². The van der Waals surface area contributed by atoms with E-state index >= 15 is 0 Å². The van der Waals surface area contributed by atoms with E-state index in [0.717, 1.165) is 50.7 Å². The number of ether oxygens (including phenoxy) is 1. The van der Waals surface area contributed by atoms with Crippen molar-refractivity contribution in [1.29, 1.82) is 0 Å². The van der Waals surface area contributed by atoms with Crippen molar-refractivity contribution < 1.29 is 4.74 Å². The number of piperazine rings is 1. The molecule has 3 saturated heterocycles. The molecule has 37 heavy (non-hydrogen) atoms. The number of fused-ring (bicyclic) bond motifs is 4. The Morgan fingerprint density at radius 1 is 0.973 bits per heavy atom. The summed E-state index contributed by atoms with van der Waals surface area (Å²) < 4.78 is 6.33. The van der Waals surface area contributed by atoms with Crippen molar-refractivity contribution in [3.8, 4) is 6.01 Å². The number of anilines is 2. The fraction of sp³-hybridized carbons (Fsp3) is 0.533. The van der Waals surface area contributed by atoms with E-state index in [9.17, 15) is 0 Å². The van der Waals surface area contributed by atoms with Gasteiger partial charge in [0.15, 0.2) is 0 Å². The quantitative estimate of drug-likeness (QED) is 0.572. The Morgan fingerprint density at radius 2 is 1.78 bits per heavy atom. The van der Waals surface area contributed by atoms with Gasteiger partial charge in [-0.3, -0.25) is 0 Å². The van der Waals surface area contributed by atoms with E-state index in [-0.39, 0.29) is 0 Å². The molecule has 0 amide bonds. The zero-order chi connectivity index (χ0) is 24.9. The summed E-state index contributed by atoms with van der Waals surface area (Å²) in [5, 5.41) is 6.42. The molecule has 3 aromatic rings. The van der Waals surface area contributed by atoms with Crippen molar-refractivity contribution in [2.45, 2.75) is 63.7 Å². The van der Waals surface area contributed by atoms with Gasteiger partial charge >= 0.3 is 6.01 Å². The highest BCUT2D eigenvalue weighted by atomic mass is 16.5. The zero-order valence-electron chi connectivity index (χ0n) is 22.1. The van der Waals surface area contributed by atoms with Crippen LogP contribution in [0.15, 0.2) is 36.4 Å². The van der Waals surface area contributed by atoms with E-state index in [1.54, 1.807) is 0 Å². The van der Waals surface area contributed by atoms with E-state index in [2.05, 4.69) is 70.4 Å². The molecule has 2 aromatic carbocycles. The second-order valence-corrected chi connectivity index (χ2v) is 11.5. The number of nitrogens with zero attached hydrogens (tertiary/aromatic N) is 5. The van der Waals surface area contributed by atoms with Crippen molar-refractivity contribution in [2.75, 3.05) is 49.6 Å². The summed E-state index contributed by atoms with van der Waals surface area (Å²) in [6.07, 6.45) is 5.91. The van der Waals surface area contributed by atoms with Gasteiger partial charge in [-0.1, -0.05) is 30.3 Å². The Kier molecular flexibility index (Phi) is 5.93. The number of hydrogen-bond donors (Lipinski definition) is 1. The summed E-state index contributed by atoms with van der Waals surface area (Å²) in [7, 11) is 2.20. The first-order valence-corrected chi connectivity index (χ1v) is 14.1. The number of hydrogen-bond acceptors (Lipinski definition) is 7. The molecule has 7 rings (SSSR count). The Hall–Kier alpha value is -2.90. The third-order valence-corrected chi connectivity index (χ3v) is 9.05. The predicted octanol–water partition coefficient (Wildman–Crippen LogP) is 3.91. The maximum Gasteiger partial charge on any atom is 0.318 e. The van der Waals surface area contributed by atoms with Crippen LogP contribution in [0.5, 0.6) is 6.01 Å². The van der Waals surface area contributed by atoms with Crippen LogP contribution in [0, 0.1) is 6.92 Å². The SMILES string of the molecule is Cc1cccc2cccc(N3CCc4c(nc(OC[C@@H]5CCCN5C)nc4N4C[C@H]5CC[C@@H](C4)N5)C3)c12. The van der Waals surface area contributed by atoms with E-state index in [1.165, 1.54) is 53.3 Å². The van der Waals surface area contributed by atoms with E-state index in [1.807, 2.05) is 0 Å². The number of nitrogens with one attached hydrogen (secondary N) is 1. The molecule has 4 aliphatic rings. The van der Waals surface area contributed by atoms with Crippen molar-refractivity contribution in [2.24, 2.45) is 0 Å². The van der Waals surface area contributed by atoms with Gasteiger partial charge in [0.05, 0.1) is 12.2 Å². The second-order valence-electron chi connectivity index (χ2n) is 11.5. The molecule has 3 atom stereocenters. The van der Waals surface area contributed by atoms with Gasteiger partial charge in [0.25, 0.3) is 0 Å². The normalized spacial score (nSPS) is 25.6. The number of benzene rings is 2. The van der Waals surface area contributed by atoms with Crippen LogP contribution in [-0.4, -0.2) is 72.8 Å². The average molecular weight is 499 g/mol. The molecular formula is C30H38N6O. The van der Waals surface area contributed by atoms with Crippen LogP contribution in [-0.2, 0) is 13.0 Å². The van der Waals surface area contributed by atoms with Gasteiger partial charge in [-0.2, -0.15) is 9.97 Å². The molecule has 0 spiro atoms. The lowest BCUT2D eigenvalue weighted by Gasteiger charge is -2.37. The number of aromatic nitrogens is 2. The maximum absolute atomic E-state index is 6.33. The van der Waals surface area contributed by atoms with E-state index in [4.69, 9.17) is 14.7 Å². The standard InChI is InChI=1S/C30H38N6O/c1-20-6-3-7-21-8-4-10-27(28(20)21)35-15-13-25-26(18-35)32-30(37-19-24-9-5-14-34(24)2)33-29(25)36-16-22-11-12-23(17-36)31-22/h3-4,6-8,10,22-24,31H,5,9,11-19H2,1-2H3/t22-,23+,24-/m0/s1. The second kappa shape index (κ2) is 9.44. The molecule has 5 heterocycles. The van der Waals surface area contributed by atoms with E-state index < -0.39 is 0 Å². The largest absolute Gasteiger partial charge is 0.462 e. The molecule has 0 aliphatic carbocycles. The van der Waals surface area contributed by atoms with Crippen LogP contribution >= 0.6 is 0 Å². The lowest BCUT2D eigenvalue weighted by molar-refractivity contribution is 0.187. The summed E-state index contributed by atoms with van der Waals surface area (Å²) in [4.78, 5) is 17.6. The van der Waals surface area contributed by atoms with Crippen LogP contribution in [0.3, 0.4) is 0 Å². The third kappa shape index (κ3) is 4.32. The molecule has 0 saturated carbocycles. The molecule has 7 nitrogen and oxygen atoms in total. The van der Waals surface area contributed by atoms with E-state index in [0.29, 0.717) is 30.7 Å². The van der Waals surface area contributed by atoms with Crippen molar-refractivity contribution in [3.05, 3.63) is 53.2 Å².